The van der Waals surface area contributed by atoms with Crippen molar-refractivity contribution < 1.29 is 5.21 Å². The van der Waals surface area contributed by atoms with Crippen LogP contribution in [0.3, 0.4) is 0 Å². The van der Waals surface area contributed by atoms with E-state index < -0.39 is 0 Å². The van der Waals surface area contributed by atoms with Crippen molar-refractivity contribution in [3.8, 4) is 0 Å². The van der Waals surface area contributed by atoms with Gasteiger partial charge in [0.2, 0.25) is 0 Å². The van der Waals surface area contributed by atoms with Gasteiger partial charge in [0, 0.05) is 26.2 Å². The first-order valence-corrected chi connectivity index (χ1v) is 8.22. The second-order valence-corrected chi connectivity index (χ2v) is 6.78. The summed E-state index contributed by atoms with van der Waals surface area (Å²) in [4.78, 5) is 7.42. The smallest absolute Gasteiger partial charge is 0.159 e. The predicted octanol–water partition coefficient (Wildman–Crippen LogP) is 0.615. The van der Waals surface area contributed by atoms with Crippen LogP contribution >= 0.6 is 0 Å². The summed E-state index contributed by atoms with van der Waals surface area (Å²) in [5, 5.41) is 12.1. The van der Waals surface area contributed by atoms with Crippen molar-refractivity contribution in [2.45, 2.75) is 38.6 Å². The van der Waals surface area contributed by atoms with E-state index in [1.165, 1.54) is 45.4 Å². The van der Waals surface area contributed by atoms with Crippen molar-refractivity contribution in [3.63, 3.8) is 0 Å². The molecular weight excluding hydrogens is 266 g/mol. The van der Waals surface area contributed by atoms with Crippen LogP contribution in [0.5, 0.6) is 0 Å². The first-order chi connectivity index (χ1) is 10.0. The highest BCUT2D eigenvalue weighted by Gasteiger charge is 2.33. The average Bonchev–Trinajstić information content (AvgIpc) is 3.00. The van der Waals surface area contributed by atoms with Crippen LogP contribution in [0.1, 0.15) is 33.1 Å². The SMILES string of the molecule is CC(C)(C(N)=NO)N1CCN(CCCN2CCCC2)CC1. The van der Waals surface area contributed by atoms with E-state index in [9.17, 15) is 0 Å². The van der Waals surface area contributed by atoms with E-state index in [0.717, 1.165) is 26.2 Å². The number of likely N-dealkylation sites (tertiary alicyclic amines) is 1. The molecule has 2 aliphatic heterocycles. The number of nitrogens with two attached hydrogens (primary N) is 1. The average molecular weight is 297 g/mol. The van der Waals surface area contributed by atoms with Crippen LogP contribution in [0.15, 0.2) is 5.16 Å². The molecule has 0 radical (unpaired) electrons. The van der Waals surface area contributed by atoms with Gasteiger partial charge in [-0.15, -0.1) is 0 Å². The largest absolute Gasteiger partial charge is 0.409 e. The third-order valence-electron chi connectivity index (χ3n) is 5.04. The first-order valence-electron chi connectivity index (χ1n) is 8.22. The van der Waals surface area contributed by atoms with Crippen LogP contribution in [-0.4, -0.2) is 83.6 Å². The Balaban J connectivity index is 1.68. The zero-order chi connectivity index (χ0) is 15.3. The van der Waals surface area contributed by atoms with Gasteiger partial charge in [-0.25, -0.2) is 0 Å². The molecule has 0 spiro atoms. The minimum absolute atomic E-state index is 0.296. The maximum atomic E-state index is 8.89. The molecule has 0 aliphatic carbocycles. The third-order valence-corrected chi connectivity index (χ3v) is 5.04. The summed E-state index contributed by atoms with van der Waals surface area (Å²) < 4.78 is 0. The molecule has 2 heterocycles. The summed E-state index contributed by atoms with van der Waals surface area (Å²) in [6.07, 6.45) is 4.02. The second-order valence-electron chi connectivity index (χ2n) is 6.78. The summed E-state index contributed by atoms with van der Waals surface area (Å²) in [6, 6.07) is 0. The molecule has 0 bridgehead atoms. The van der Waals surface area contributed by atoms with E-state index in [0.29, 0.717) is 5.84 Å². The van der Waals surface area contributed by atoms with Gasteiger partial charge in [-0.2, -0.15) is 0 Å². The van der Waals surface area contributed by atoms with Gasteiger partial charge in [0.15, 0.2) is 5.84 Å². The van der Waals surface area contributed by atoms with E-state index in [1.54, 1.807) is 0 Å². The molecule has 0 saturated carbocycles. The van der Waals surface area contributed by atoms with Crippen molar-refractivity contribution >= 4 is 5.84 Å². The van der Waals surface area contributed by atoms with Gasteiger partial charge in [-0.3, -0.25) is 4.90 Å². The molecule has 21 heavy (non-hydrogen) atoms. The molecule has 6 nitrogen and oxygen atoms in total. The molecule has 0 aromatic carbocycles. The summed E-state index contributed by atoms with van der Waals surface area (Å²) in [5.41, 5.74) is 5.44. The summed E-state index contributed by atoms with van der Waals surface area (Å²) >= 11 is 0. The van der Waals surface area contributed by atoms with Crippen molar-refractivity contribution in [1.29, 1.82) is 0 Å². The Labute approximate surface area is 128 Å². The molecule has 3 N–H and O–H groups in total. The summed E-state index contributed by atoms with van der Waals surface area (Å²) in [5.74, 6) is 0.296. The van der Waals surface area contributed by atoms with Gasteiger partial charge >= 0.3 is 0 Å². The summed E-state index contributed by atoms with van der Waals surface area (Å²) in [7, 11) is 0. The minimum Gasteiger partial charge on any atom is -0.409 e. The first kappa shape index (κ1) is 16.5. The van der Waals surface area contributed by atoms with Gasteiger partial charge < -0.3 is 20.7 Å². The van der Waals surface area contributed by atoms with E-state index in [1.807, 2.05) is 13.8 Å². The molecule has 0 atom stereocenters. The van der Waals surface area contributed by atoms with E-state index in [-0.39, 0.29) is 5.54 Å². The number of nitrogens with zero attached hydrogens (tertiary/aromatic N) is 4. The lowest BCUT2D eigenvalue weighted by Crippen LogP contribution is -2.59. The molecule has 122 valence electrons. The van der Waals surface area contributed by atoms with Crippen LogP contribution in [0.25, 0.3) is 0 Å². The van der Waals surface area contributed by atoms with Crippen LogP contribution < -0.4 is 5.73 Å². The lowest BCUT2D eigenvalue weighted by molar-refractivity contribution is 0.0810. The Hall–Kier alpha value is -0.850. The van der Waals surface area contributed by atoms with Crippen molar-refractivity contribution in [2.75, 3.05) is 52.4 Å². The van der Waals surface area contributed by atoms with Gasteiger partial charge in [-0.1, -0.05) is 5.16 Å². The topological polar surface area (TPSA) is 68.3 Å². The lowest BCUT2D eigenvalue weighted by Gasteiger charge is -2.43. The highest BCUT2D eigenvalue weighted by atomic mass is 16.4. The van der Waals surface area contributed by atoms with Crippen LogP contribution in [0.4, 0.5) is 0 Å². The zero-order valence-electron chi connectivity index (χ0n) is 13.6. The standard InChI is InChI=1S/C15H31N5O/c1-15(2,14(16)17-21)20-12-10-19(11-13-20)9-5-8-18-6-3-4-7-18/h21H,3-13H2,1-2H3,(H2,16,17). The lowest BCUT2D eigenvalue weighted by atomic mass is 10.0. The van der Waals surface area contributed by atoms with Gasteiger partial charge in [0.05, 0.1) is 5.54 Å². The second kappa shape index (κ2) is 7.42. The van der Waals surface area contributed by atoms with Crippen molar-refractivity contribution in [1.82, 2.24) is 14.7 Å². The Morgan fingerprint density at radius 2 is 1.52 bits per heavy atom. The van der Waals surface area contributed by atoms with E-state index in [2.05, 4.69) is 19.9 Å². The van der Waals surface area contributed by atoms with E-state index >= 15 is 0 Å². The third kappa shape index (κ3) is 4.31. The van der Waals surface area contributed by atoms with Crippen molar-refractivity contribution in [2.24, 2.45) is 10.9 Å². The van der Waals surface area contributed by atoms with Crippen LogP contribution in [0, 0.1) is 0 Å². The van der Waals surface area contributed by atoms with Gasteiger partial charge in [0.1, 0.15) is 0 Å². The monoisotopic (exact) mass is 297 g/mol. The van der Waals surface area contributed by atoms with E-state index in [4.69, 9.17) is 10.9 Å². The number of amidine groups is 1. The Kier molecular flexibility index (Phi) is 5.84. The highest BCUT2D eigenvalue weighted by Crippen LogP contribution is 2.17. The Morgan fingerprint density at radius 1 is 1.00 bits per heavy atom. The molecule has 0 aromatic rings. The van der Waals surface area contributed by atoms with Gasteiger partial charge in [-0.05, 0) is 59.3 Å². The molecular formula is C15H31N5O. The fourth-order valence-electron chi connectivity index (χ4n) is 3.34. The normalized spacial score (nSPS) is 23.8. The molecule has 0 aromatic heterocycles. The number of rotatable bonds is 6. The molecule has 2 rings (SSSR count). The highest BCUT2D eigenvalue weighted by molar-refractivity contribution is 5.88. The van der Waals surface area contributed by atoms with Crippen LogP contribution in [0.2, 0.25) is 0 Å². The molecule has 0 amide bonds. The molecule has 2 fully saturated rings. The Bertz CT molecular complexity index is 344. The summed E-state index contributed by atoms with van der Waals surface area (Å²) in [6.45, 7) is 13.2. The van der Waals surface area contributed by atoms with Crippen molar-refractivity contribution in [3.05, 3.63) is 0 Å². The maximum Gasteiger partial charge on any atom is 0.159 e. The Morgan fingerprint density at radius 3 is 2.05 bits per heavy atom. The number of oxime groups is 1. The number of hydrogen-bond acceptors (Lipinski definition) is 5. The minimum atomic E-state index is -0.365. The molecule has 0 unspecified atom stereocenters. The molecule has 6 heteroatoms. The predicted molar refractivity (Wildman–Crippen MR) is 85.8 cm³/mol. The fraction of sp³-hybridized carbons (Fsp3) is 0.933. The fourth-order valence-corrected chi connectivity index (χ4v) is 3.34. The molecule has 2 aliphatic rings. The van der Waals surface area contributed by atoms with Crippen LogP contribution in [-0.2, 0) is 0 Å². The zero-order valence-corrected chi connectivity index (χ0v) is 13.6. The number of piperazine rings is 1. The maximum absolute atomic E-state index is 8.89. The quantitative estimate of drug-likeness (QED) is 0.325. The number of hydrogen-bond donors (Lipinski definition) is 2. The molecule has 2 saturated heterocycles. The van der Waals surface area contributed by atoms with Gasteiger partial charge in [0.25, 0.3) is 0 Å².